The quantitative estimate of drug-likeness (QED) is 0.866. The van der Waals surface area contributed by atoms with Gasteiger partial charge in [0, 0.05) is 24.2 Å². The van der Waals surface area contributed by atoms with Gasteiger partial charge in [-0.2, -0.15) is 5.10 Å². The van der Waals surface area contributed by atoms with Crippen LogP contribution in [0, 0.1) is 12.7 Å². The second-order valence-corrected chi connectivity index (χ2v) is 4.48. The molecule has 0 aliphatic carbocycles. The highest BCUT2D eigenvalue weighted by atomic mass is 19.1. The minimum atomic E-state index is -0.316. The molecule has 2 rings (SSSR count). The molecule has 106 valence electrons. The lowest BCUT2D eigenvalue weighted by molar-refractivity contribution is 0.298. The summed E-state index contributed by atoms with van der Waals surface area (Å²) < 4.78 is 14.4. The Balaban J connectivity index is 2.58. The normalized spacial score (nSPS) is 10.8. The molecule has 0 saturated carbocycles. The maximum atomic E-state index is 13.3. The predicted octanol–water partition coefficient (Wildman–Crippen LogP) is 0.809. The number of halogens is 1. The largest absolute Gasteiger partial charge is 0.396 e. The SMILES string of the molecule is Cc1cc(-c2cc(CCO)c(=O)n(CN)n2)ccc1F. The molecule has 1 aromatic heterocycles. The molecular weight excluding hydrogens is 261 g/mol. The van der Waals surface area contributed by atoms with Crippen molar-refractivity contribution >= 4 is 0 Å². The Hall–Kier alpha value is -2.05. The lowest BCUT2D eigenvalue weighted by Gasteiger charge is -2.09. The second kappa shape index (κ2) is 5.94. The summed E-state index contributed by atoms with van der Waals surface area (Å²) in [5.74, 6) is -0.295. The number of aliphatic hydroxyl groups excluding tert-OH is 1. The van der Waals surface area contributed by atoms with Crippen molar-refractivity contribution in [2.75, 3.05) is 6.61 Å². The molecule has 1 aromatic carbocycles. The molecular formula is C14H16FN3O2. The van der Waals surface area contributed by atoms with Crippen molar-refractivity contribution in [1.82, 2.24) is 9.78 Å². The molecule has 0 radical (unpaired) electrons. The van der Waals surface area contributed by atoms with Gasteiger partial charge in [0.05, 0.1) is 12.4 Å². The van der Waals surface area contributed by atoms with Gasteiger partial charge in [0.25, 0.3) is 5.56 Å². The monoisotopic (exact) mass is 277 g/mol. The first-order chi connectivity index (χ1) is 9.56. The van der Waals surface area contributed by atoms with Gasteiger partial charge in [0.15, 0.2) is 0 Å². The Labute approximate surface area is 115 Å². The molecule has 0 unspecified atom stereocenters. The Morgan fingerprint density at radius 3 is 2.75 bits per heavy atom. The second-order valence-electron chi connectivity index (χ2n) is 4.48. The first-order valence-electron chi connectivity index (χ1n) is 6.25. The molecule has 6 heteroatoms. The van der Waals surface area contributed by atoms with Gasteiger partial charge in [-0.15, -0.1) is 0 Å². The smallest absolute Gasteiger partial charge is 0.271 e. The van der Waals surface area contributed by atoms with Crippen molar-refractivity contribution in [3.8, 4) is 11.3 Å². The highest BCUT2D eigenvalue weighted by molar-refractivity contribution is 5.60. The molecule has 0 aliphatic rings. The first-order valence-corrected chi connectivity index (χ1v) is 6.25. The first kappa shape index (κ1) is 14.4. The molecule has 5 nitrogen and oxygen atoms in total. The van der Waals surface area contributed by atoms with Crippen LogP contribution >= 0.6 is 0 Å². The van der Waals surface area contributed by atoms with Crippen LogP contribution < -0.4 is 11.3 Å². The van der Waals surface area contributed by atoms with Crippen molar-refractivity contribution in [2.45, 2.75) is 20.0 Å². The standard InChI is InChI=1S/C14H16FN3O2/c1-9-6-10(2-3-12(9)15)13-7-11(4-5-19)14(20)18(8-16)17-13/h2-3,6-7,19H,4-5,8,16H2,1H3. The average molecular weight is 277 g/mol. The summed E-state index contributed by atoms with van der Waals surface area (Å²) in [5, 5.41) is 13.2. The Morgan fingerprint density at radius 2 is 2.15 bits per heavy atom. The molecule has 3 N–H and O–H groups in total. The van der Waals surface area contributed by atoms with Crippen LogP contribution in [0.3, 0.4) is 0 Å². The third-order valence-electron chi connectivity index (χ3n) is 3.06. The zero-order valence-electron chi connectivity index (χ0n) is 11.1. The molecule has 0 bridgehead atoms. The number of hydrogen-bond acceptors (Lipinski definition) is 4. The van der Waals surface area contributed by atoms with Crippen LogP contribution in [0.1, 0.15) is 11.1 Å². The van der Waals surface area contributed by atoms with E-state index in [-0.39, 0.29) is 31.1 Å². The van der Waals surface area contributed by atoms with Crippen molar-refractivity contribution in [1.29, 1.82) is 0 Å². The van der Waals surface area contributed by atoms with Crippen LogP contribution in [-0.4, -0.2) is 21.5 Å². The maximum Gasteiger partial charge on any atom is 0.271 e. The molecule has 0 spiro atoms. The highest BCUT2D eigenvalue weighted by Crippen LogP contribution is 2.19. The van der Waals surface area contributed by atoms with Crippen LogP contribution in [-0.2, 0) is 13.1 Å². The molecule has 2 aromatic rings. The predicted molar refractivity (Wildman–Crippen MR) is 73.6 cm³/mol. The van der Waals surface area contributed by atoms with E-state index in [9.17, 15) is 9.18 Å². The summed E-state index contributed by atoms with van der Waals surface area (Å²) in [6.07, 6.45) is 0.231. The summed E-state index contributed by atoms with van der Waals surface area (Å²) in [5.41, 5.74) is 7.34. The number of nitrogens with two attached hydrogens (primary N) is 1. The average Bonchev–Trinajstić information content (AvgIpc) is 2.44. The number of aliphatic hydroxyl groups is 1. The van der Waals surface area contributed by atoms with Crippen LogP contribution in [0.4, 0.5) is 4.39 Å². The Bertz CT molecular complexity index is 683. The highest BCUT2D eigenvalue weighted by Gasteiger charge is 2.10. The minimum absolute atomic E-state index is 0.0503. The van der Waals surface area contributed by atoms with Crippen LogP contribution in [0.15, 0.2) is 29.1 Å². The fourth-order valence-corrected chi connectivity index (χ4v) is 1.97. The van der Waals surface area contributed by atoms with E-state index in [1.165, 1.54) is 6.07 Å². The number of aryl methyl sites for hydroxylation is 1. The Morgan fingerprint density at radius 1 is 1.40 bits per heavy atom. The fourth-order valence-electron chi connectivity index (χ4n) is 1.97. The van der Waals surface area contributed by atoms with Crippen LogP contribution in [0.5, 0.6) is 0 Å². The third-order valence-corrected chi connectivity index (χ3v) is 3.06. The van der Waals surface area contributed by atoms with E-state index >= 15 is 0 Å². The topological polar surface area (TPSA) is 81.1 Å². The third kappa shape index (κ3) is 2.76. The number of hydrogen-bond donors (Lipinski definition) is 2. The van der Waals surface area contributed by atoms with Crippen molar-refractivity contribution in [3.63, 3.8) is 0 Å². The van der Waals surface area contributed by atoms with Gasteiger partial charge in [0.2, 0.25) is 0 Å². The molecule has 20 heavy (non-hydrogen) atoms. The lowest BCUT2D eigenvalue weighted by Crippen LogP contribution is -2.30. The van der Waals surface area contributed by atoms with E-state index in [4.69, 9.17) is 10.8 Å². The van der Waals surface area contributed by atoms with Gasteiger partial charge >= 0.3 is 0 Å². The Kier molecular flexibility index (Phi) is 4.26. The zero-order valence-corrected chi connectivity index (χ0v) is 11.1. The summed E-state index contributed by atoms with van der Waals surface area (Å²) in [6.45, 7) is 1.48. The molecule has 0 fully saturated rings. The van der Waals surface area contributed by atoms with Gasteiger partial charge < -0.3 is 10.8 Å². The van der Waals surface area contributed by atoms with E-state index in [0.717, 1.165) is 4.68 Å². The number of rotatable bonds is 4. The van der Waals surface area contributed by atoms with E-state index in [1.807, 2.05) is 0 Å². The molecule has 0 saturated heterocycles. The van der Waals surface area contributed by atoms with Crippen molar-refractivity contribution in [2.24, 2.45) is 5.73 Å². The summed E-state index contributed by atoms with van der Waals surface area (Å²) >= 11 is 0. The van der Waals surface area contributed by atoms with Gasteiger partial charge in [0.1, 0.15) is 5.82 Å². The van der Waals surface area contributed by atoms with Gasteiger partial charge in [-0.3, -0.25) is 4.79 Å². The van der Waals surface area contributed by atoms with Gasteiger partial charge in [-0.1, -0.05) is 0 Å². The van der Waals surface area contributed by atoms with E-state index in [2.05, 4.69) is 5.10 Å². The summed E-state index contributed by atoms with van der Waals surface area (Å²) in [7, 11) is 0. The number of nitrogens with zero attached hydrogens (tertiary/aromatic N) is 2. The van der Waals surface area contributed by atoms with E-state index in [0.29, 0.717) is 22.4 Å². The van der Waals surface area contributed by atoms with Crippen molar-refractivity contribution < 1.29 is 9.50 Å². The summed E-state index contributed by atoms with van der Waals surface area (Å²) in [4.78, 5) is 11.9. The maximum absolute atomic E-state index is 13.3. The molecule has 0 atom stereocenters. The van der Waals surface area contributed by atoms with Crippen LogP contribution in [0.2, 0.25) is 0 Å². The van der Waals surface area contributed by atoms with E-state index < -0.39 is 0 Å². The van der Waals surface area contributed by atoms with Gasteiger partial charge in [-0.05, 0) is 36.8 Å². The fraction of sp³-hybridized carbons (Fsp3) is 0.286. The minimum Gasteiger partial charge on any atom is -0.396 e. The summed E-state index contributed by atoms with van der Waals surface area (Å²) in [6, 6.07) is 6.22. The van der Waals surface area contributed by atoms with Crippen LogP contribution in [0.25, 0.3) is 11.3 Å². The molecule has 1 heterocycles. The van der Waals surface area contributed by atoms with Gasteiger partial charge in [-0.25, -0.2) is 9.07 Å². The van der Waals surface area contributed by atoms with E-state index in [1.54, 1.807) is 25.1 Å². The molecule has 0 aliphatic heterocycles. The number of aromatic nitrogens is 2. The number of benzene rings is 1. The molecule has 0 amide bonds. The lowest BCUT2D eigenvalue weighted by atomic mass is 10.1. The zero-order chi connectivity index (χ0) is 14.7. The van der Waals surface area contributed by atoms with Crippen molar-refractivity contribution in [3.05, 3.63) is 51.6 Å².